The Morgan fingerprint density at radius 2 is 1.24 bits per heavy atom. The molecule has 350 valence electrons. The number of anilines is 3. The highest BCUT2D eigenvalue weighted by molar-refractivity contribution is 6.16. The summed E-state index contributed by atoms with van der Waals surface area (Å²) in [5.41, 5.74) is 27.9. The molecule has 5 aliphatic rings. The first-order valence-corrected chi connectivity index (χ1v) is 25.8. The summed E-state index contributed by atoms with van der Waals surface area (Å²) in [6, 6.07) is 75.1. The van der Waals surface area contributed by atoms with Gasteiger partial charge in [0.15, 0.2) is 18.9 Å². The zero-order chi connectivity index (χ0) is 49.2. The monoisotopic (exact) mass is 950 g/mol. The Labute approximate surface area is 430 Å². The van der Waals surface area contributed by atoms with Crippen LogP contribution in [0, 0.1) is 6.92 Å². The molecule has 5 nitrogen and oxygen atoms in total. The molecule has 0 spiro atoms. The van der Waals surface area contributed by atoms with Gasteiger partial charge in [-0.2, -0.15) is 9.13 Å². The van der Waals surface area contributed by atoms with Gasteiger partial charge in [0, 0.05) is 52.4 Å². The van der Waals surface area contributed by atoms with Crippen molar-refractivity contribution in [3.05, 3.63) is 270 Å². The Morgan fingerprint density at radius 1 is 0.554 bits per heavy atom. The van der Waals surface area contributed by atoms with Crippen LogP contribution in [0.2, 0.25) is 0 Å². The highest BCUT2D eigenvalue weighted by atomic mass is 16.3. The first-order valence-electron chi connectivity index (χ1n) is 25.8. The molecule has 0 N–H and O–H groups in total. The summed E-state index contributed by atoms with van der Waals surface area (Å²) >= 11 is 0. The molecular weight excluding hydrogens is 901 g/mol. The summed E-state index contributed by atoms with van der Waals surface area (Å²) in [6.07, 6.45) is 5.29. The predicted octanol–water partition coefficient (Wildman–Crippen LogP) is 16.1. The third-order valence-corrected chi connectivity index (χ3v) is 16.4. The number of nitrogens with zero attached hydrogens (tertiary/aromatic N) is 4. The van der Waals surface area contributed by atoms with E-state index in [1.54, 1.807) is 0 Å². The van der Waals surface area contributed by atoms with E-state index in [1.165, 1.54) is 83.9 Å². The lowest BCUT2D eigenvalue weighted by Crippen LogP contribution is -2.37. The largest absolute Gasteiger partial charge is 0.456 e. The molecule has 7 heterocycles. The van der Waals surface area contributed by atoms with Crippen LogP contribution < -0.4 is 14.0 Å². The van der Waals surface area contributed by atoms with Gasteiger partial charge in [0.25, 0.3) is 0 Å². The van der Waals surface area contributed by atoms with E-state index in [-0.39, 0.29) is 12.0 Å². The number of allylic oxidation sites excluding steroid dienone is 1. The number of benzene rings is 8. The second-order valence-corrected chi connectivity index (χ2v) is 20.3. The normalized spacial score (nSPS) is 16.2. The molecule has 3 aromatic heterocycles. The van der Waals surface area contributed by atoms with Crippen LogP contribution in [0.1, 0.15) is 52.3 Å². The number of furan rings is 1. The maximum atomic E-state index is 6.92. The summed E-state index contributed by atoms with van der Waals surface area (Å²) in [4.78, 5) is 8.21. The summed E-state index contributed by atoms with van der Waals surface area (Å²) in [7, 11) is 0. The molecule has 0 amide bonds. The van der Waals surface area contributed by atoms with Crippen molar-refractivity contribution in [1.29, 1.82) is 0 Å². The molecular formula is C69H50N4O+2. The molecule has 2 atom stereocenters. The van der Waals surface area contributed by atoms with Crippen molar-refractivity contribution in [2.45, 2.75) is 38.8 Å². The number of dihydropyridines is 1. The maximum Gasteiger partial charge on any atom is 0.249 e. The van der Waals surface area contributed by atoms with Gasteiger partial charge in [0.1, 0.15) is 28.5 Å². The highest BCUT2D eigenvalue weighted by Gasteiger charge is 2.40. The zero-order valence-electron chi connectivity index (χ0n) is 41.3. The van der Waals surface area contributed by atoms with Gasteiger partial charge in [0.05, 0.1) is 16.8 Å². The van der Waals surface area contributed by atoms with Gasteiger partial charge in [-0.15, -0.1) is 0 Å². The van der Waals surface area contributed by atoms with Gasteiger partial charge < -0.3 is 9.32 Å². The number of hydrogen-bond donors (Lipinski definition) is 0. The SMILES string of the molecule is C=C1C(c2ccccc2)=C(C)C(C2Cc3ccccc3-c3cc4c(cc32)oc2ccc(-c3cccc(N5c6cccc7c6C[n+]6ccccc6-c6cccc5c6-[n+]5ccccc5-7)c3C)cc24)=NC1c1ccccc1. The number of hydrogen-bond acceptors (Lipinski definition) is 3. The van der Waals surface area contributed by atoms with Crippen molar-refractivity contribution in [2.75, 3.05) is 4.90 Å². The highest BCUT2D eigenvalue weighted by Crippen LogP contribution is 2.51. The Morgan fingerprint density at radius 3 is 2.09 bits per heavy atom. The van der Waals surface area contributed by atoms with Gasteiger partial charge in [0.2, 0.25) is 17.1 Å². The molecule has 0 fully saturated rings. The Bertz CT molecular complexity index is 4250. The van der Waals surface area contributed by atoms with Crippen LogP contribution in [-0.4, -0.2) is 5.71 Å². The smallest absolute Gasteiger partial charge is 0.249 e. The van der Waals surface area contributed by atoms with Gasteiger partial charge in [-0.1, -0.05) is 122 Å². The second kappa shape index (κ2) is 16.4. The van der Waals surface area contributed by atoms with Crippen molar-refractivity contribution < 1.29 is 13.6 Å². The minimum absolute atomic E-state index is 0.00599. The lowest BCUT2D eigenvalue weighted by Gasteiger charge is -2.34. The molecule has 0 radical (unpaired) electrons. The van der Waals surface area contributed by atoms with E-state index >= 15 is 0 Å². The minimum atomic E-state index is -0.197. The van der Waals surface area contributed by atoms with Crippen molar-refractivity contribution in [2.24, 2.45) is 4.99 Å². The summed E-state index contributed by atoms with van der Waals surface area (Å²) in [5.74, 6) is 0.00599. The van der Waals surface area contributed by atoms with E-state index in [9.17, 15) is 0 Å². The fourth-order valence-electron chi connectivity index (χ4n) is 13.0. The first kappa shape index (κ1) is 42.5. The van der Waals surface area contributed by atoms with E-state index in [0.717, 1.165) is 74.4 Å². The number of pyridine rings is 2. The first-order chi connectivity index (χ1) is 36.5. The summed E-state index contributed by atoms with van der Waals surface area (Å²) < 4.78 is 11.7. The van der Waals surface area contributed by atoms with Crippen molar-refractivity contribution in [3.8, 4) is 50.5 Å². The lowest BCUT2D eigenvalue weighted by molar-refractivity contribution is -0.677. The number of rotatable bonds is 5. The average molecular weight is 951 g/mol. The van der Waals surface area contributed by atoms with Crippen LogP contribution in [0.3, 0.4) is 0 Å². The van der Waals surface area contributed by atoms with Gasteiger partial charge in [-0.05, 0) is 154 Å². The molecule has 6 bridgehead atoms. The zero-order valence-corrected chi connectivity index (χ0v) is 41.3. The van der Waals surface area contributed by atoms with E-state index in [4.69, 9.17) is 16.0 Å². The molecule has 2 unspecified atom stereocenters. The van der Waals surface area contributed by atoms with E-state index in [1.807, 2.05) is 0 Å². The standard InChI is InChI=1S/C69H50N4O/c1-42-49(25-16-30-59(42)73-62-31-17-26-51-58(62)41-71-35-14-12-28-60(71)52-27-18-32-63(73)69(52)72-36-15-13-29-61(51)72)48-33-34-64-55(37-48)56-39-53-50-24-11-10-23-47(50)38-57(54(53)40-65(56)74-64)68-44(3)66(45-19-6-4-7-20-45)43(2)67(70-68)46-21-8-5-9-22-46/h4-37,39-40,57,67H,2,38,41H2,1,3H3/q+2. The Kier molecular flexibility index (Phi) is 9.43. The average Bonchev–Trinajstić information content (AvgIpc) is 3.83. The topological polar surface area (TPSA) is 36.5 Å². The van der Waals surface area contributed by atoms with Crippen LogP contribution in [-0.2, 0) is 13.0 Å². The predicted molar refractivity (Wildman–Crippen MR) is 301 cm³/mol. The van der Waals surface area contributed by atoms with E-state index in [0.29, 0.717) is 0 Å². The van der Waals surface area contributed by atoms with Crippen LogP contribution >= 0.6 is 0 Å². The number of para-hydroxylation sites is 1. The Hall–Kier alpha value is -9.19. The van der Waals surface area contributed by atoms with Crippen LogP contribution in [0.5, 0.6) is 0 Å². The minimum Gasteiger partial charge on any atom is -0.456 e. The quantitative estimate of drug-likeness (QED) is 0.161. The van der Waals surface area contributed by atoms with Crippen molar-refractivity contribution in [1.82, 2.24) is 0 Å². The second-order valence-electron chi connectivity index (χ2n) is 20.3. The molecule has 4 aliphatic heterocycles. The van der Waals surface area contributed by atoms with Gasteiger partial charge in [-0.3, -0.25) is 4.99 Å². The molecule has 0 saturated carbocycles. The molecule has 5 heteroatoms. The molecule has 11 aromatic rings. The fourth-order valence-corrected chi connectivity index (χ4v) is 13.0. The van der Waals surface area contributed by atoms with Crippen molar-refractivity contribution in [3.63, 3.8) is 0 Å². The molecule has 1 aliphatic carbocycles. The number of fused-ring (bicyclic) bond motifs is 6. The Balaban J connectivity index is 0.890. The van der Waals surface area contributed by atoms with E-state index in [2.05, 4.69) is 247 Å². The van der Waals surface area contributed by atoms with Crippen LogP contribution in [0.4, 0.5) is 17.1 Å². The van der Waals surface area contributed by atoms with Gasteiger partial charge >= 0.3 is 0 Å². The lowest BCUT2D eigenvalue weighted by atomic mass is 9.72. The van der Waals surface area contributed by atoms with Crippen LogP contribution in [0.15, 0.2) is 246 Å². The summed E-state index contributed by atoms with van der Waals surface area (Å²) in [5, 5.41) is 2.22. The molecule has 74 heavy (non-hydrogen) atoms. The maximum absolute atomic E-state index is 6.92. The number of aliphatic imine (C=N–C) groups is 1. The fraction of sp³-hybridized carbons (Fsp3) is 0.0870. The third-order valence-electron chi connectivity index (χ3n) is 16.4. The van der Waals surface area contributed by atoms with Crippen LogP contribution in [0.25, 0.3) is 78.0 Å². The third kappa shape index (κ3) is 6.32. The van der Waals surface area contributed by atoms with Gasteiger partial charge in [-0.25, -0.2) is 0 Å². The molecule has 8 aromatic carbocycles. The summed E-state index contributed by atoms with van der Waals surface area (Å²) in [6.45, 7) is 10.00. The molecule has 0 saturated heterocycles. The van der Waals surface area contributed by atoms with Crippen molar-refractivity contribution >= 4 is 50.3 Å². The molecule has 16 rings (SSSR count). The number of aromatic nitrogens is 2. The van der Waals surface area contributed by atoms with E-state index < -0.39 is 0 Å².